The third kappa shape index (κ3) is 5.02. The van der Waals surface area contributed by atoms with Crippen LogP contribution < -0.4 is 5.32 Å². The van der Waals surface area contributed by atoms with Crippen LogP contribution in [0.25, 0.3) is 0 Å². The standard InChI is InChI=1S/C23H30N2O2S/c1-28(26,27)21-9-7-19(8-10-21)17-25-13-11-18(12-14-25)16-24-23-15-22(23)20-5-3-2-4-6-20/h2-10,18,22-24H,11-17H2,1H3/t22-,23+/m0/s1. The maximum atomic E-state index is 11.6. The normalized spacial score (nSPS) is 23.6. The third-order valence-corrected chi connectivity index (χ3v) is 7.28. The van der Waals surface area contributed by atoms with Crippen LogP contribution in [0.4, 0.5) is 0 Å². The van der Waals surface area contributed by atoms with Crippen molar-refractivity contribution in [2.24, 2.45) is 5.92 Å². The predicted molar refractivity (Wildman–Crippen MR) is 113 cm³/mol. The van der Waals surface area contributed by atoms with Gasteiger partial charge in [0.05, 0.1) is 4.90 Å². The van der Waals surface area contributed by atoms with Crippen LogP contribution in [0.2, 0.25) is 0 Å². The maximum Gasteiger partial charge on any atom is 0.175 e. The van der Waals surface area contributed by atoms with Gasteiger partial charge in [-0.3, -0.25) is 4.90 Å². The van der Waals surface area contributed by atoms with Crippen LogP contribution in [0.15, 0.2) is 59.5 Å². The van der Waals surface area contributed by atoms with Gasteiger partial charge in [0.2, 0.25) is 0 Å². The maximum absolute atomic E-state index is 11.6. The first kappa shape index (κ1) is 19.6. The number of nitrogens with one attached hydrogen (secondary N) is 1. The number of rotatable bonds is 7. The highest BCUT2D eigenvalue weighted by Gasteiger charge is 2.38. The molecule has 2 fully saturated rings. The van der Waals surface area contributed by atoms with Crippen molar-refractivity contribution in [3.8, 4) is 0 Å². The molecule has 0 radical (unpaired) electrons. The van der Waals surface area contributed by atoms with E-state index in [1.54, 1.807) is 12.1 Å². The summed E-state index contributed by atoms with van der Waals surface area (Å²) in [7, 11) is -3.11. The largest absolute Gasteiger partial charge is 0.313 e. The number of nitrogens with zero attached hydrogens (tertiary/aromatic N) is 1. The highest BCUT2D eigenvalue weighted by atomic mass is 32.2. The molecule has 150 valence electrons. The highest BCUT2D eigenvalue weighted by Crippen LogP contribution is 2.40. The number of hydrogen-bond donors (Lipinski definition) is 1. The second kappa shape index (κ2) is 8.36. The molecule has 0 spiro atoms. The van der Waals surface area contributed by atoms with E-state index in [1.807, 2.05) is 12.1 Å². The fourth-order valence-corrected chi connectivity index (χ4v) is 4.89. The number of hydrogen-bond acceptors (Lipinski definition) is 4. The second-order valence-electron chi connectivity index (χ2n) is 8.40. The van der Waals surface area contributed by atoms with Crippen molar-refractivity contribution in [3.05, 3.63) is 65.7 Å². The van der Waals surface area contributed by atoms with Crippen LogP contribution in [0.1, 0.15) is 36.3 Å². The van der Waals surface area contributed by atoms with E-state index in [4.69, 9.17) is 0 Å². The van der Waals surface area contributed by atoms with E-state index in [0.29, 0.717) is 16.9 Å². The molecule has 0 aromatic heterocycles. The Morgan fingerprint density at radius 2 is 1.68 bits per heavy atom. The highest BCUT2D eigenvalue weighted by molar-refractivity contribution is 7.90. The Morgan fingerprint density at radius 1 is 1.00 bits per heavy atom. The molecule has 1 saturated carbocycles. The molecule has 2 aliphatic rings. The first-order chi connectivity index (χ1) is 13.5. The van der Waals surface area contributed by atoms with Crippen molar-refractivity contribution in [2.75, 3.05) is 25.9 Å². The monoisotopic (exact) mass is 398 g/mol. The number of benzene rings is 2. The topological polar surface area (TPSA) is 49.4 Å². The lowest BCUT2D eigenvalue weighted by Gasteiger charge is -2.32. The number of likely N-dealkylation sites (tertiary alicyclic amines) is 1. The molecule has 1 aliphatic heterocycles. The zero-order chi connectivity index (χ0) is 19.6. The van der Waals surface area contributed by atoms with Crippen LogP contribution in [-0.4, -0.2) is 45.2 Å². The van der Waals surface area contributed by atoms with E-state index in [-0.39, 0.29) is 0 Å². The van der Waals surface area contributed by atoms with Gasteiger partial charge in [0, 0.05) is 24.8 Å². The first-order valence-corrected chi connectivity index (χ1v) is 12.2. The Kier molecular flexibility index (Phi) is 5.85. The van der Waals surface area contributed by atoms with Crippen molar-refractivity contribution in [1.82, 2.24) is 10.2 Å². The van der Waals surface area contributed by atoms with Crippen LogP contribution >= 0.6 is 0 Å². The molecule has 1 N–H and O–H groups in total. The molecule has 1 aliphatic carbocycles. The lowest BCUT2D eigenvalue weighted by molar-refractivity contribution is 0.175. The van der Waals surface area contributed by atoms with Crippen LogP contribution in [0.3, 0.4) is 0 Å². The van der Waals surface area contributed by atoms with Crippen LogP contribution in [0, 0.1) is 5.92 Å². The average molecular weight is 399 g/mol. The fourth-order valence-electron chi connectivity index (χ4n) is 4.26. The van der Waals surface area contributed by atoms with Crippen LogP contribution in [0.5, 0.6) is 0 Å². The molecule has 5 heteroatoms. The molecule has 0 bridgehead atoms. The zero-order valence-corrected chi connectivity index (χ0v) is 17.4. The van der Waals surface area contributed by atoms with Gasteiger partial charge in [-0.25, -0.2) is 8.42 Å². The van der Waals surface area contributed by atoms with E-state index in [2.05, 4.69) is 40.5 Å². The minimum atomic E-state index is -3.11. The summed E-state index contributed by atoms with van der Waals surface area (Å²) in [6, 6.07) is 18.8. The van der Waals surface area contributed by atoms with E-state index in [9.17, 15) is 8.42 Å². The molecule has 28 heavy (non-hydrogen) atoms. The lowest BCUT2D eigenvalue weighted by atomic mass is 9.96. The molecular weight excluding hydrogens is 368 g/mol. The molecule has 4 nitrogen and oxygen atoms in total. The molecular formula is C23H30N2O2S. The smallest absolute Gasteiger partial charge is 0.175 e. The molecule has 0 amide bonds. The molecule has 4 rings (SSSR count). The molecule has 0 unspecified atom stereocenters. The zero-order valence-electron chi connectivity index (χ0n) is 16.5. The van der Waals surface area contributed by atoms with E-state index in [1.165, 1.54) is 36.6 Å². The lowest BCUT2D eigenvalue weighted by Crippen LogP contribution is -2.37. The minimum absolute atomic E-state index is 0.398. The molecule has 1 heterocycles. The van der Waals surface area contributed by atoms with Gasteiger partial charge in [-0.1, -0.05) is 42.5 Å². The van der Waals surface area contributed by atoms with E-state index >= 15 is 0 Å². The summed E-state index contributed by atoms with van der Waals surface area (Å²) in [5.41, 5.74) is 2.66. The fraction of sp³-hybridized carbons (Fsp3) is 0.478. The molecule has 2 aromatic carbocycles. The summed E-state index contributed by atoms with van der Waals surface area (Å²) in [5, 5.41) is 3.78. The van der Waals surface area contributed by atoms with Gasteiger partial charge in [0.15, 0.2) is 9.84 Å². The summed E-state index contributed by atoms with van der Waals surface area (Å²) >= 11 is 0. The Morgan fingerprint density at radius 3 is 2.32 bits per heavy atom. The van der Waals surface area contributed by atoms with Crippen molar-refractivity contribution in [2.45, 2.75) is 42.7 Å². The minimum Gasteiger partial charge on any atom is -0.313 e. The summed E-state index contributed by atoms with van der Waals surface area (Å²) in [4.78, 5) is 2.88. The van der Waals surface area contributed by atoms with Gasteiger partial charge >= 0.3 is 0 Å². The Hall–Kier alpha value is -1.69. The van der Waals surface area contributed by atoms with Crippen molar-refractivity contribution in [3.63, 3.8) is 0 Å². The summed E-state index contributed by atoms with van der Waals surface area (Å²) in [6.07, 6.45) is 4.99. The molecule has 2 atom stereocenters. The number of piperidine rings is 1. The van der Waals surface area contributed by atoms with E-state index in [0.717, 1.165) is 32.1 Å². The predicted octanol–water partition coefficient (Wildman–Crippen LogP) is 3.45. The van der Waals surface area contributed by atoms with Gasteiger partial charge in [-0.05, 0) is 68.1 Å². The summed E-state index contributed by atoms with van der Waals surface area (Å²) in [6.45, 7) is 4.27. The third-order valence-electron chi connectivity index (χ3n) is 6.15. The van der Waals surface area contributed by atoms with Gasteiger partial charge in [0.1, 0.15) is 0 Å². The average Bonchev–Trinajstić information content (AvgIpc) is 3.48. The Balaban J connectivity index is 1.18. The van der Waals surface area contributed by atoms with E-state index < -0.39 is 9.84 Å². The second-order valence-corrected chi connectivity index (χ2v) is 10.4. The SMILES string of the molecule is CS(=O)(=O)c1ccc(CN2CCC(CN[C@@H]3C[C@H]3c3ccccc3)CC2)cc1. The Labute approximate surface area is 168 Å². The van der Waals surface area contributed by atoms with Gasteiger partial charge in [0.25, 0.3) is 0 Å². The van der Waals surface area contributed by atoms with Crippen LogP contribution in [-0.2, 0) is 16.4 Å². The molecule has 2 aromatic rings. The first-order valence-electron chi connectivity index (χ1n) is 10.3. The van der Waals surface area contributed by atoms with Gasteiger partial charge in [-0.15, -0.1) is 0 Å². The van der Waals surface area contributed by atoms with Crippen molar-refractivity contribution < 1.29 is 8.42 Å². The van der Waals surface area contributed by atoms with Gasteiger partial charge < -0.3 is 5.32 Å². The number of sulfone groups is 1. The summed E-state index contributed by atoms with van der Waals surface area (Å²) < 4.78 is 23.1. The van der Waals surface area contributed by atoms with Gasteiger partial charge in [-0.2, -0.15) is 0 Å². The summed E-state index contributed by atoms with van der Waals surface area (Å²) in [5.74, 6) is 1.47. The van der Waals surface area contributed by atoms with Crippen molar-refractivity contribution in [1.29, 1.82) is 0 Å². The van der Waals surface area contributed by atoms with Crippen molar-refractivity contribution >= 4 is 9.84 Å². The quantitative estimate of drug-likeness (QED) is 0.776. The Bertz CT molecular complexity index is 873. The molecule has 1 saturated heterocycles.